The zero-order valence-electron chi connectivity index (χ0n) is 20.9. The number of esters is 1. The first kappa shape index (κ1) is 28.7. The van der Waals surface area contributed by atoms with Gasteiger partial charge in [0.05, 0.1) is 32.1 Å². The second-order valence-corrected chi connectivity index (χ2v) is 8.93. The average Bonchev–Trinajstić information content (AvgIpc) is 2.90. The van der Waals surface area contributed by atoms with Crippen molar-refractivity contribution in [1.29, 1.82) is 0 Å². The molecule has 2 heterocycles. The molecule has 0 amide bonds. The second-order valence-electron chi connectivity index (χ2n) is 8.93. The van der Waals surface area contributed by atoms with Gasteiger partial charge < -0.3 is 24.1 Å². The molecule has 204 valence electrons. The number of methoxy groups -OCH3 is 1. The summed E-state index contributed by atoms with van der Waals surface area (Å²) in [5, 5.41) is 13.3. The monoisotopic (exact) mass is 526 g/mol. The smallest absolute Gasteiger partial charge is 0.389 e. The third-order valence-corrected chi connectivity index (χ3v) is 6.08. The normalized spacial score (nSPS) is 23.0. The fourth-order valence-electron chi connectivity index (χ4n) is 4.20. The summed E-state index contributed by atoms with van der Waals surface area (Å²) in [6.07, 6.45) is -4.80. The van der Waals surface area contributed by atoms with Crippen LogP contribution in [0.2, 0.25) is 0 Å². The maximum Gasteiger partial charge on any atom is 0.389 e. The molecule has 8 nitrogen and oxygen atoms in total. The number of hydrogen-bond donors (Lipinski definition) is 2. The lowest BCUT2D eigenvalue weighted by Crippen LogP contribution is -2.44. The van der Waals surface area contributed by atoms with Crippen LogP contribution in [0.3, 0.4) is 0 Å². The number of halogens is 3. The van der Waals surface area contributed by atoms with E-state index in [1.807, 2.05) is 30.3 Å². The summed E-state index contributed by atoms with van der Waals surface area (Å²) in [4.78, 5) is 17.1. The number of aromatic hydroxyl groups is 1. The van der Waals surface area contributed by atoms with Crippen LogP contribution in [0.1, 0.15) is 31.0 Å². The van der Waals surface area contributed by atoms with Crippen molar-refractivity contribution >= 4 is 5.97 Å². The fourth-order valence-corrected chi connectivity index (χ4v) is 4.20. The summed E-state index contributed by atoms with van der Waals surface area (Å²) in [6, 6.07) is 10.2. The molecule has 1 saturated heterocycles. The molecule has 0 saturated carbocycles. The van der Waals surface area contributed by atoms with E-state index in [1.165, 1.54) is 19.4 Å². The Bertz CT molecular complexity index is 992. The van der Waals surface area contributed by atoms with Gasteiger partial charge in [0.25, 0.3) is 0 Å². The van der Waals surface area contributed by atoms with Crippen molar-refractivity contribution in [1.82, 2.24) is 10.3 Å². The molecule has 1 fully saturated rings. The number of benzene rings is 1. The highest BCUT2D eigenvalue weighted by atomic mass is 19.4. The van der Waals surface area contributed by atoms with Crippen molar-refractivity contribution in [3.8, 4) is 11.5 Å². The van der Waals surface area contributed by atoms with Crippen molar-refractivity contribution in [3.63, 3.8) is 0 Å². The van der Waals surface area contributed by atoms with Gasteiger partial charge in [0.1, 0.15) is 12.1 Å². The number of pyridine rings is 1. The van der Waals surface area contributed by atoms with Gasteiger partial charge in [-0.2, -0.15) is 13.2 Å². The van der Waals surface area contributed by atoms with E-state index in [-0.39, 0.29) is 55.9 Å². The van der Waals surface area contributed by atoms with E-state index >= 15 is 0 Å². The van der Waals surface area contributed by atoms with E-state index < -0.39 is 36.8 Å². The van der Waals surface area contributed by atoms with Gasteiger partial charge in [0, 0.05) is 37.8 Å². The molecule has 1 aromatic heterocycles. The first-order valence-electron chi connectivity index (χ1n) is 12.1. The number of cyclic esters (lactones) is 1. The van der Waals surface area contributed by atoms with Crippen LogP contribution >= 0.6 is 0 Å². The topological polar surface area (TPSA) is 99.1 Å². The summed E-state index contributed by atoms with van der Waals surface area (Å²) in [7, 11) is 1.42. The number of carbonyl (C=O) groups excluding carboxylic acids is 1. The summed E-state index contributed by atoms with van der Waals surface area (Å²) in [5.74, 6) is -0.750. The Kier molecular flexibility index (Phi) is 10.5. The Labute approximate surface area is 214 Å². The van der Waals surface area contributed by atoms with Crippen LogP contribution in [0.5, 0.6) is 11.5 Å². The lowest BCUT2D eigenvalue weighted by Gasteiger charge is -2.31. The van der Waals surface area contributed by atoms with Crippen molar-refractivity contribution in [2.45, 2.75) is 57.2 Å². The Hall–Kier alpha value is -2.89. The minimum absolute atomic E-state index is 0.0115. The number of nitrogens with zero attached hydrogens (tertiary/aromatic N) is 1. The molecule has 1 aliphatic heterocycles. The first-order valence-corrected chi connectivity index (χ1v) is 12.1. The predicted molar refractivity (Wildman–Crippen MR) is 128 cm³/mol. The largest absolute Gasteiger partial charge is 0.503 e. The number of alkyl halides is 3. The first-order chi connectivity index (χ1) is 17.7. The summed E-state index contributed by atoms with van der Waals surface area (Å²) >= 11 is 0. The third kappa shape index (κ3) is 8.87. The molecule has 0 spiro atoms. The van der Waals surface area contributed by atoms with Crippen molar-refractivity contribution in [3.05, 3.63) is 53.9 Å². The number of ether oxygens (including phenoxy) is 4. The predicted octanol–water partition coefficient (Wildman–Crippen LogP) is 3.80. The molecule has 0 bridgehead atoms. The lowest BCUT2D eigenvalue weighted by molar-refractivity contribution is -0.162. The molecule has 1 aromatic carbocycles. The lowest BCUT2D eigenvalue weighted by atomic mass is 9.91. The number of carbonyl (C=O) groups is 1. The van der Waals surface area contributed by atoms with E-state index in [2.05, 4.69) is 10.3 Å². The number of hydrogen-bond acceptors (Lipinski definition) is 8. The molecular weight excluding hydrogens is 493 g/mol. The summed E-state index contributed by atoms with van der Waals surface area (Å²) < 4.78 is 60.4. The van der Waals surface area contributed by atoms with Gasteiger partial charge in [-0.3, -0.25) is 15.1 Å². The Morgan fingerprint density at radius 1 is 1.19 bits per heavy atom. The van der Waals surface area contributed by atoms with Crippen molar-refractivity contribution in [2.75, 3.05) is 26.9 Å². The number of aromatic nitrogens is 1. The Morgan fingerprint density at radius 3 is 2.65 bits per heavy atom. The van der Waals surface area contributed by atoms with Crippen LogP contribution in [0.15, 0.2) is 42.6 Å². The molecule has 2 aromatic rings. The fraction of sp³-hybridized carbons (Fsp3) is 0.538. The highest BCUT2D eigenvalue weighted by Crippen LogP contribution is 2.28. The zero-order valence-corrected chi connectivity index (χ0v) is 20.9. The zero-order chi connectivity index (χ0) is 26.8. The van der Waals surface area contributed by atoms with E-state index in [4.69, 9.17) is 18.9 Å². The van der Waals surface area contributed by atoms with Gasteiger partial charge in [-0.1, -0.05) is 30.3 Å². The molecular formula is C26H33F3N2O6. The molecule has 0 aliphatic carbocycles. The van der Waals surface area contributed by atoms with E-state index in [1.54, 1.807) is 6.92 Å². The molecule has 0 unspecified atom stereocenters. The van der Waals surface area contributed by atoms with E-state index in [9.17, 15) is 23.1 Å². The van der Waals surface area contributed by atoms with Crippen molar-refractivity contribution < 1.29 is 42.0 Å². The van der Waals surface area contributed by atoms with E-state index in [0.29, 0.717) is 6.42 Å². The summed E-state index contributed by atoms with van der Waals surface area (Å²) in [6.45, 7) is 1.79. The molecule has 37 heavy (non-hydrogen) atoms. The third-order valence-electron chi connectivity index (χ3n) is 6.08. The molecule has 2 N–H and O–H groups in total. The van der Waals surface area contributed by atoms with Gasteiger partial charge in [-0.05, 0) is 25.3 Å². The average molecular weight is 527 g/mol. The minimum Gasteiger partial charge on any atom is -0.503 e. The minimum atomic E-state index is -4.27. The Morgan fingerprint density at radius 2 is 1.95 bits per heavy atom. The molecule has 11 heteroatoms. The molecule has 1 aliphatic rings. The highest BCUT2D eigenvalue weighted by Gasteiger charge is 2.35. The van der Waals surface area contributed by atoms with Gasteiger partial charge in [0.2, 0.25) is 0 Å². The maximum absolute atomic E-state index is 13.0. The highest BCUT2D eigenvalue weighted by molar-refractivity contribution is 5.76. The quantitative estimate of drug-likeness (QED) is 0.356. The van der Waals surface area contributed by atoms with Crippen LogP contribution in [-0.4, -0.2) is 67.4 Å². The van der Waals surface area contributed by atoms with E-state index in [0.717, 1.165) is 5.56 Å². The molecule has 3 rings (SSSR count). The van der Waals surface area contributed by atoms with Gasteiger partial charge in [-0.25, -0.2) is 0 Å². The number of rotatable bonds is 10. The van der Waals surface area contributed by atoms with Gasteiger partial charge in [-0.15, -0.1) is 0 Å². The van der Waals surface area contributed by atoms with Gasteiger partial charge in [0.15, 0.2) is 11.5 Å². The molecule has 0 radical (unpaired) electrons. The summed E-state index contributed by atoms with van der Waals surface area (Å²) in [5.41, 5.74) is 1.29. The number of nitrogens with one attached hydrogen (secondary N) is 1. The SMILES string of the molecule is COc1ccnc(CN[C@H]2COC[C@H](Cc3ccccc3)[C@@H](OCCCC(F)(F)F)[C@H](C)OC2=O)c1O. The van der Waals surface area contributed by atoms with Crippen LogP contribution in [-0.2, 0) is 32.0 Å². The van der Waals surface area contributed by atoms with Gasteiger partial charge >= 0.3 is 12.1 Å². The Balaban J connectivity index is 1.71. The molecule has 4 atom stereocenters. The van der Waals surface area contributed by atoms with Crippen LogP contribution in [0, 0.1) is 5.92 Å². The standard InChI is InChI=1S/C26H33F3N2O6/c1-17-24(36-12-6-10-26(27,28)29)19(13-18-7-4-3-5-8-18)15-35-16-21(25(33)37-17)31-14-20-23(32)22(34-2)9-11-30-20/h3-5,7-9,11,17,19,21,24,31-32H,6,10,12-16H2,1-2H3/t17-,19-,21-,24-/m0/s1. The van der Waals surface area contributed by atoms with Crippen LogP contribution < -0.4 is 10.1 Å². The van der Waals surface area contributed by atoms with Crippen molar-refractivity contribution in [2.24, 2.45) is 5.92 Å². The maximum atomic E-state index is 13.0. The second kappa shape index (κ2) is 13.6. The van der Waals surface area contributed by atoms with Crippen LogP contribution in [0.25, 0.3) is 0 Å². The van der Waals surface area contributed by atoms with Crippen LogP contribution in [0.4, 0.5) is 13.2 Å².